The Morgan fingerprint density at radius 1 is 1.14 bits per heavy atom. The van der Waals surface area contributed by atoms with E-state index in [1.807, 2.05) is 13.0 Å². The highest BCUT2D eigenvalue weighted by atomic mass is 16.1. The van der Waals surface area contributed by atoms with E-state index in [2.05, 4.69) is 43.4 Å². The van der Waals surface area contributed by atoms with Gasteiger partial charge in [0.15, 0.2) is 0 Å². The number of aryl methyl sites for hydroxylation is 2. The van der Waals surface area contributed by atoms with E-state index < -0.39 is 0 Å². The second kappa shape index (κ2) is 6.44. The maximum atomic E-state index is 12.4. The molecular formula is C18H22N2O. The Morgan fingerprint density at radius 3 is 2.38 bits per heavy atom. The minimum absolute atomic E-state index is 0.0240. The fraction of sp³-hybridized carbons (Fsp3) is 0.278. The minimum atomic E-state index is -0.0643. The molecule has 0 saturated carbocycles. The molecule has 0 saturated heterocycles. The van der Waals surface area contributed by atoms with Crippen molar-refractivity contribution in [3.8, 4) is 0 Å². The molecule has 2 rings (SSSR count). The molecule has 3 N–H and O–H groups in total. The van der Waals surface area contributed by atoms with Crippen LogP contribution >= 0.6 is 0 Å². The van der Waals surface area contributed by atoms with Crippen molar-refractivity contribution in [2.45, 2.75) is 33.2 Å². The average molecular weight is 282 g/mol. The van der Waals surface area contributed by atoms with Crippen molar-refractivity contribution in [1.29, 1.82) is 0 Å². The van der Waals surface area contributed by atoms with Gasteiger partial charge in [-0.05, 0) is 49.6 Å². The van der Waals surface area contributed by atoms with E-state index >= 15 is 0 Å². The van der Waals surface area contributed by atoms with E-state index in [1.54, 1.807) is 12.1 Å². The van der Waals surface area contributed by atoms with Gasteiger partial charge in [-0.1, -0.05) is 36.8 Å². The Kier molecular flexibility index (Phi) is 4.63. The summed E-state index contributed by atoms with van der Waals surface area (Å²) in [6.07, 6.45) is 0.850. The summed E-state index contributed by atoms with van der Waals surface area (Å²) in [7, 11) is 0. The normalized spacial score (nSPS) is 12.0. The van der Waals surface area contributed by atoms with Crippen LogP contribution in [0.15, 0.2) is 42.5 Å². The van der Waals surface area contributed by atoms with Gasteiger partial charge in [0.25, 0.3) is 5.91 Å². The van der Waals surface area contributed by atoms with Crippen LogP contribution in [0.25, 0.3) is 0 Å². The lowest BCUT2D eigenvalue weighted by Crippen LogP contribution is -2.28. The van der Waals surface area contributed by atoms with E-state index in [4.69, 9.17) is 5.73 Å². The zero-order chi connectivity index (χ0) is 15.4. The van der Waals surface area contributed by atoms with Crippen LogP contribution in [-0.4, -0.2) is 5.91 Å². The number of nitrogen functional groups attached to an aromatic ring is 1. The van der Waals surface area contributed by atoms with Crippen molar-refractivity contribution < 1.29 is 4.79 Å². The second-order valence-electron chi connectivity index (χ2n) is 5.42. The molecule has 0 radical (unpaired) electrons. The van der Waals surface area contributed by atoms with Crippen molar-refractivity contribution >= 4 is 11.6 Å². The van der Waals surface area contributed by atoms with Crippen LogP contribution in [0.3, 0.4) is 0 Å². The molecule has 0 fully saturated rings. The van der Waals surface area contributed by atoms with Gasteiger partial charge in [0.1, 0.15) is 0 Å². The van der Waals surface area contributed by atoms with Gasteiger partial charge >= 0.3 is 0 Å². The number of hydrogen-bond donors (Lipinski definition) is 2. The smallest absolute Gasteiger partial charge is 0.251 e. The predicted octanol–water partition coefficient (Wildman–Crippen LogP) is 3.77. The lowest BCUT2D eigenvalue weighted by Gasteiger charge is -2.18. The summed E-state index contributed by atoms with van der Waals surface area (Å²) in [6, 6.07) is 13.7. The molecule has 21 heavy (non-hydrogen) atoms. The molecule has 2 aromatic carbocycles. The fourth-order valence-electron chi connectivity index (χ4n) is 2.28. The zero-order valence-electron chi connectivity index (χ0n) is 12.8. The number of hydrogen-bond acceptors (Lipinski definition) is 2. The van der Waals surface area contributed by atoms with Gasteiger partial charge in [-0.2, -0.15) is 0 Å². The first kappa shape index (κ1) is 15.1. The first-order chi connectivity index (χ1) is 10.0. The molecule has 0 aliphatic heterocycles. The van der Waals surface area contributed by atoms with Crippen molar-refractivity contribution in [3.05, 3.63) is 64.7 Å². The highest BCUT2D eigenvalue weighted by Gasteiger charge is 2.14. The lowest BCUT2D eigenvalue weighted by atomic mass is 10.0. The first-order valence-electron chi connectivity index (χ1n) is 7.24. The van der Waals surface area contributed by atoms with Gasteiger partial charge in [0, 0.05) is 11.3 Å². The van der Waals surface area contributed by atoms with Gasteiger partial charge in [-0.25, -0.2) is 0 Å². The monoisotopic (exact) mass is 282 g/mol. The van der Waals surface area contributed by atoms with Crippen LogP contribution in [0, 0.1) is 13.8 Å². The summed E-state index contributed by atoms with van der Waals surface area (Å²) in [5, 5.41) is 3.09. The SMILES string of the molecule is CCC(NC(=O)c1ccc(N)c(C)c1)c1ccc(C)cc1. The zero-order valence-corrected chi connectivity index (χ0v) is 12.8. The van der Waals surface area contributed by atoms with E-state index in [1.165, 1.54) is 5.56 Å². The summed E-state index contributed by atoms with van der Waals surface area (Å²) in [6.45, 7) is 6.03. The van der Waals surface area contributed by atoms with E-state index in [9.17, 15) is 4.79 Å². The maximum Gasteiger partial charge on any atom is 0.251 e. The molecule has 0 aliphatic carbocycles. The van der Waals surface area contributed by atoms with Crippen LogP contribution in [0.1, 0.15) is 46.4 Å². The Hall–Kier alpha value is -2.29. The number of carbonyl (C=O) groups is 1. The minimum Gasteiger partial charge on any atom is -0.399 e. The van der Waals surface area contributed by atoms with Gasteiger partial charge < -0.3 is 11.1 Å². The Morgan fingerprint density at radius 2 is 1.81 bits per heavy atom. The van der Waals surface area contributed by atoms with Crippen LogP contribution in [0.5, 0.6) is 0 Å². The molecule has 0 aliphatic rings. The number of anilines is 1. The third-order valence-corrected chi connectivity index (χ3v) is 3.73. The number of carbonyl (C=O) groups excluding carboxylic acids is 1. The topological polar surface area (TPSA) is 55.1 Å². The van der Waals surface area contributed by atoms with Crippen molar-refractivity contribution in [3.63, 3.8) is 0 Å². The average Bonchev–Trinajstić information content (AvgIpc) is 2.48. The first-order valence-corrected chi connectivity index (χ1v) is 7.24. The Labute approximate surface area is 126 Å². The summed E-state index contributed by atoms with van der Waals surface area (Å²) >= 11 is 0. The van der Waals surface area contributed by atoms with Crippen LogP contribution in [0.2, 0.25) is 0 Å². The van der Waals surface area contributed by atoms with Gasteiger partial charge in [-0.3, -0.25) is 4.79 Å². The Balaban J connectivity index is 2.15. The molecule has 1 amide bonds. The molecule has 0 aromatic heterocycles. The maximum absolute atomic E-state index is 12.4. The predicted molar refractivity (Wildman–Crippen MR) is 87.3 cm³/mol. The molecular weight excluding hydrogens is 260 g/mol. The number of nitrogens with two attached hydrogens (primary N) is 1. The number of amides is 1. The molecule has 0 bridgehead atoms. The van der Waals surface area contributed by atoms with Gasteiger partial charge in [0.2, 0.25) is 0 Å². The summed E-state index contributed by atoms with van der Waals surface area (Å²) in [4.78, 5) is 12.4. The molecule has 3 heteroatoms. The molecule has 2 aromatic rings. The molecule has 0 heterocycles. The molecule has 0 spiro atoms. The van der Waals surface area contributed by atoms with Crippen LogP contribution in [0.4, 0.5) is 5.69 Å². The molecule has 1 unspecified atom stereocenters. The highest BCUT2D eigenvalue weighted by Crippen LogP contribution is 2.19. The Bertz CT molecular complexity index is 632. The molecule has 1 atom stereocenters. The van der Waals surface area contributed by atoms with Gasteiger partial charge in [0.05, 0.1) is 6.04 Å². The number of nitrogens with one attached hydrogen (secondary N) is 1. The second-order valence-corrected chi connectivity index (χ2v) is 5.42. The summed E-state index contributed by atoms with van der Waals surface area (Å²) in [5.41, 5.74) is 10.4. The molecule has 3 nitrogen and oxygen atoms in total. The standard InChI is InChI=1S/C18H22N2O/c1-4-17(14-7-5-12(2)6-8-14)20-18(21)15-9-10-16(19)13(3)11-15/h5-11,17H,4,19H2,1-3H3,(H,20,21). The summed E-state index contributed by atoms with van der Waals surface area (Å²) in [5.74, 6) is -0.0643. The highest BCUT2D eigenvalue weighted by molar-refractivity contribution is 5.95. The van der Waals surface area contributed by atoms with E-state index in [0.717, 1.165) is 17.5 Å². The van der Waals surface area contributed by atoms with E-state index in [-0.39, 0.29) is 11.9 Å². The largest absolute Gasteiger partial charge is 0.399 e. The lowest BCUT2D eigenvalue weighted by molar-refractivity contribution is 0.0935. The number of rotatable bonds is 4. The quantitative estimate of drug-likeness (QED) is 0.839. The third kappa shape index (κ3) is 3.63. The van der Waals surface area contributed by atoms with E-state index in [0.29, 0.717) is 11.3 Å². The van der Waals surface area contributed by atoms with Gasteiger partial charge in [-0.15, -0.1) is 0 Å². The molecule has 110 valence electrons. The summed E-state index contributed by atoms with van der Waals surface area (Å²) < 4.78 is 0. The van der Waals surface area contributed by atoms with Crippen LogP contribution in [-0.2, 0) is 0 Å². The van der Waals surface area contributed by atoms with Crippen molar-refractivity contribution in [2.24, 2.45) is 0 Å². The van der Waals surface area contributed by atoms with Crippen molar-refractivity contribution in [2.75, 3.05) is 5.73 Å². The van der Waals surface area contributed by atoms with Crippen molar-refractivity contribution in [1.82, 2.24) is 5.32 Å². The number of benzene rings is 2. The fourth-order valence-corrected chi connectivity index (χ4v) is 2.28. The van der Waals surface area contributed by atoms with Crippen LogP contribution < -0.4 is 11.1 Å². The third-order valence-electron chi connectivity index (χ3n) is 3.73.